The molecule has 2 aromatic heterocycles. The topological polar surface area (TPSA) is 52.0 Å². The van der Waals surface area contributed by atoms with Gasteiger partial charge in [0.15, 0.2) is 11.4 Å². The van der Waals surface area contributed by atoms with E-state index in [9.17, 15) is 4.39 Å². The molecule has 0 aliphatic heterocycles. The van der Waals surface area contributed by atoms with Crippen LogP contribution >= 0.6 is 0 Å². The van der Waals surface area contributed by atoms with E-state index in [1.807, 2.05) is 13.0 Å². The number of fused-ring (bicyclic) bond motifs is 1. The first-order valence-electron chi connectivity index (χ1n) is 6.00. The van der Waals surface area contributed by atoms with Crippen LogP contribution in [0.2, 0.25) is 0 Å². The second-order valence-electron chi connectivity index (χ2n) is 4.58. The molecule has 4 heteroatoms. The Balaban J connectivity index is 2.06. The van der Waals surface area contributed by atoms with Crippen LogP contribution in [0.4, 0.5) is 4.39 Å². The van der Waals surface area contributed by atoms with Crippen LogP contribution in [-0.4, -0.2) is 4.98 Å². The first-order chi connectivity index (χ1) is 9.15. The lowest BCUT2D eigenvalue weighted by molar-refractivity contribution is 0.502. The predicted octanol–water partition coefficient (Wildman–Crippen LogP) is 3.32. The maximum atomic E-state index is 13.6. The summed E-state index contributed by atoms with van der Waals surface area (Å²) in [4.78, 5) is 4.11. The van der Waals surface area contributed by atoms with Gasteiger partial charge in [0.1, 0.15) is 5.76 Å². The van der Waals surface area contributed by atoms with Gasteiger partial charge in [0.2, 0.25) is 0 Å². The Hall–Kier alpha value is -2.20. The summed E-state index contributed by atoms with van der Waals surface area (Å²) in [7, 11) is 0. The number of nitrogens with zero attached hydrogens (tertiary/aromatic N) is 1. The minimum atomic E-state index is -0.445. The molecule has 3 aromatic rings. The summed E-state index contributed by atoms with van der Waals surface area (Å²) >= 11 is 0. The summed E-state index contributed by atoms with van der Waals surface area (Å²) in [5.41, 5.74) is 8.26. The molecule has 0 saturated carbocycles. The van der Waals surface area contributed by atoms with Crippen LogP contribution in [-0.2, 0) is 0 Å². The number of nitrogens with two attached hydrogens (primary N) is 1. The van der Waals surface area contributed by atoms with E-state index in [2.05, 4.69) is 4.98 Å². The van der Waals surface area contributed by atoms with Crippen LogP contribution < -0.4 is 5.73 Å². The van der Waals surface area contributed by atoms with E-state index in [1.165, 1.54) is 6.07 Å². The second kappa shape index (κ2) is 4.48. The highest BCUT2D eigenvalue weighted by molar-refractivity contribution is 5.78. The third kappa shape index (κ3) is 2.11. The highest BCUT2D eigenvalue weighted by atomic mass is 19.1. The number of para-hydroxylation sites is 1. The fourth-order valence-electron chi connectivity index (χ4n) is 2.11. The Kier molecular flexibility index (Phi) is 2.80. The molecule has 2 N–H and O–H groups in total. The molecule has 19 heavy (non-hydrogen) atoms. The first kappa shape index (κ1) is 11.9. The molecule has 1 atom stereocenters. The van der Waals surface area contributed by atoms with Gasteiger partial charge >= 0.3 is 0 Å². The molecular weight excluding hydrogens is 243 g/mol. The number of hydrogen-bond acceptors (Lipinski definition) is 3. The van der Waals surface area contributed by atoms with Crippen molar-refractivity contribution in [1.29, 1.82) is 0 Å². The van der Waals surface area contributed by atoms with Gasteiger partial charge in [0, 0.05) is 17.8 Å². The minimum Gasteiger partial charge on any atom is -0.456 e. The molecule has 0 radical (unpaired) electrons. The number of furan rings is 1. The molecule has 3 nitrogen and oxygen atoms in total. The summed E-state index contributed by atoms with van der Waals surface area (Å²) in [5.74, 6) is 0.158. The van der Waals surface area contributed by atoms with E-state index in [-0.39, 0.29) is 11.4 Å². The van der Waals surface area contributed by atoms with Gasteiger partial charge in [-0.2, -0.15) is 0 Å². The normalized spacial score (nSPS) is 12.8. The van der Waals surface area contributed by atoms with Crippen molar-refractivity contribution >= 4 is 11.0 Å². The maximum Gasteiger partial charge on any atom is 0.169 e. The second-order valence-corrected chi connectivity index (χ2v) is 4.58. The highest BCUT2D eigenvalue weighted by Crippen LogP contribution is 2.28. The molecule has 0 fully saturated rings. The molecule has 2 heterocycles. The number of rotatable bonds is 2. The number of hydrogen-bond donors (Lipinski definition) is 1. The largest absolute Gasteiger partial charge is 0.456 e. The summed E-state index contributed by atoms with van der Waals surface area (Å²) in [6.45, 7) is 1.95. The van der Waals surface area contributed by atoms with Crippen LogP contribution in [0.25, 0.3) is 11.0 Å². The van der Waals surface area contributed by atoms with E-state index >= 15 is 0 Å². The van der Waals surface area contributed by atoms with E-state index in [0.29, 0.717) is 11.1 Å². The van der Waals surface area contributed by atoms with Crippen LogP contribution in [0, 0.1) is 12.7 Å². The molecule has 1 aromatic carbocycles. The van der Waals surface area contributed by atoms with Gasteiger partial charge < -0.3 is 10.2 Å². The fraction of sp³-hybridized carbons (Fsp3) is 0.133. The van der Waals surface area contributed by atoms with Crippen molar-refractivity contribution < 1.29 is 8.81 Å². The van der Waals surface area contributed by atoms with Gasteiger partial charge in [0.25, 0.3) is 0 Å². The number of aromatic nitrogens is 1. The molecule has 0 amide bonds. The Morgan fingerprint density at radius 1 is 1.26 bits per heavy atom. The molecule has 96 valence electrons. The average molecular weight is 256 g/mol. The summed E-state index contributed by atoms with van der Waals surface area (Å²) in [6.07, 6.45) is 3.45. The van der Waals surface area contributed by atoms with Crippen LogP contribution in [0.15, 0.2) is 47.1 Å². The van der Waals surface area contributed by atoms with Crippen LogP contribution in [0.5, 0.6) is 0 Å². The van der Waals surface area contributed by atoms with Crippen molar-refractivity contribution in [2.24, 2.45) is 5.73 Å². The molecule has 0 aliphatic rings. The van der Waals surface area contributed by atoms with E-state index in [4.69, 9.17) is 10.2 Å². The van der Waals surface area contributed by atoms with Crippen LogP contribution in [0.1, 0.15) is 22.9 Å². The highest BCUT2D eigenvalue weighted by Gasteiger charge is 2.16. The van der Waals surface area contributed by atoms with Crippen LogP contribution in [0.3, 0.4) is 0 Å². The maximum absolute atomic E-state index is 13.6. The zero-order valence-corrected chi connectivity index (χ0v) is 10.4. The Morgan fingerprint density at radius 3 is 2.84 bits per heavy atom. The van der Waals surface area contributed by atoms with E-state index in [1.54, 1.807) is 30.6 Å². The lowest BCUT2D eigenvalue weighted by atomic mass is 10.1. The van der Waals surface area contributed by atoms with Crippen molar-refractivity contribution in [2.75, 3.05) is 0 Å². The third-order valence-electron chi connectivity index (χ3n) is 3.08. The van der Waals surface area contributed by atoms with Gasteiger partial charge in [0.05, 0.1) is 6.04 Å². The van der Waals surface area contributed by atoms with E-state index < -0.39 is 6.04 Å². The first-order valence-corrected chi connectivity index (χ1v) is 6.00. The summed E-state index contributed by atoms with van der Waals surface area (Å²) < 4.78 is 19.1. The quantitative estimate of drug-likeness (QED) is 0.765. The van der Waals surface area contributed by atoms with Gasteiger partial charge in [-0.25, -0.2) is 4.39 Å². The van der Waals surface area contributed by atoms with Crippen molar-refractivity contribution in [1.82, 2.24) is 4.98 Å². The lowest BCUT2D eigenvalue weighted by Crippen LogP contribution is -2.11. The predicted molar refractivity (Wildman–Crippen MR) is 71.2 cm³/mol. The average Bonchev–Trinajstić information content (AvgIpc) is 2.83. The zero-order chi connectivity index (χ0) is 13.4. The third-order valence-corrected chi connectivity index (χ3v) is 3.08. The Morgan fingerprint density at radius 2 is 2.11 bits per heavy atom. The summed E-state index contributed by atoms with van der Waals surface area (Å²) in [6, 6.07) is 8.09. The SMILES string of the molecule is Cc1cncc(C(N)c2cc3cccc(F)c3o2)c1. The van der Waals surface area contributed by atoms with E-state index in [0.717, 1.165) is 11.1 Å². The minimum absolute atomic E-state index is 0.244. The molecule has 3 rings (SSSR count). The van der Waals surface area contributed by atoms with Gasteiger partial charge in [-0.15, -0.1) is 0 Å². The fourth-order valence-corrected chi connectivity index (χ4v) is 2.11. The van der Waals surface area contributed by atoms with Gasteiger partial charge in [-0.1, -0.05) is 18.2 Å². The molecule has 0 aliphatic carbocycles. The zero-order valence-electron chi connectivity index (χ0n) is 10.4. The van der Waals surface area contributed by atoms with Crippen molar-refractivity contribution in [3.8, 4) is 0 Å². The van der Waals surface area contributed by atoms with Crippen molar-refractivity contribution in [3.63, 3.8) is 0 Å². The Bertz CT molecular complexity index is 736. The standard InChI is InChI=1S/C15H13FN2O/c1-9-5-11(8-18-7-9)14(17)13-6-10-3-2-4-12(16)15(10)19-13/h2-8,14H,17H2,1H3. The monoisotopic (exact) mass is 256 g/mol. The Labute approximate surface area is 109 Å². The van der Waals surface area contributed by atoms with Gasteiger partial charge in [-0.3, -0.25) is 4.98 Å². The number of halogens is 1. The van der Waals surface area contributed by atoms with Crippen molar-refractivity contribution in [3.05, 3.63) is 65.4 Å². The molecule has 0 spiro atoms. The molecular formula is C15H13FN2O. The number of aryl methyl sites for hydroxylation is 1. The molecule has 1 unspecified atom stereocenters. The number of pyridine rings is 1. The van der Waals surface area contributed by atoms with Crippen molar-refractivity contribution in [2.45, 2.75) is 13.0 Å². The smallest absolute Gasteiger partial charge is 0.169 e. The van der Waals surface area contributed by atoms with Gasteiger partial charge in [-0.05, 0) is 30.2 Å². The lowest BCUT2D eigenvalue weighted by Gasteiger charge is -2.08. The molecule has 0 bridgehead atoms. The molecule has 0 saturated heterocycles. The summed E-state index contributed by atoms with van der Waals surface area (Å²) in [5, 5.41) is 0.714. The number of benzene rings is 1.